The van der Waals surface area contributed by atoms with Crippen molar-refractivity contribution in [2.45, 2.75) is 37.5 Å². The molecule has 1 aromatic heterocycles. The molecule has 1 fully saturated rings. The van der Waals surface area contributed by atoms with Gasteiger partial charge in [0.1, 0.15) is 0 Å². The molecule has 0 radical (unpaired) electrons. The summed E-state index contributed by atoms with van der Waals surface area (Å²) in [5.41, 5.74) is 1.38. The molecule has 0 saturated carbocycles. The Balaban J connectivity index is 1.30. The Morgan fingerprint density at radius 1 is 1.19 bits per heavy atom. The third-order valence-corrected chi connectivity index (χ3v) is 9.55. The van der Waals surface area contributed by atoms with Crippen molar-refractivity contribution in [1.82, 2.24) is 30.1 Å². The number of nitrogens with zero attached hydrogens (tertiary/aromatic N) is 3. The summed E-state index contributed by atoms with van der Waals surface area (Å²) in [7, 11) is -1.42. The van der Waals surface area contributed by atoms with Gasteiger partial charge >= 0.3 is 0 Å². The topological polar surface area (TPSA) is 124 Å². The third kappa shape index (κ3) is 5.37. The lowest BCUT2D eigenvalue weighted by atomic mass is 9.98. The van der Waals surface area contributed by atoms with E-state index in [4.69, 9.17) is 11.6 Å². The summed E-state index contributed by atoms with van der Waals surface area (Å²) in [6.45, 7) is 1.97. The Morgan fingerprint density at radius 3 is 2.75 bits per heavy atom. The number of carbonyl (C=O) groups excluding carboxylic acids is 2. The molecule has 0 aromatic carbocycles. The molecule has 3 N–H and O–H groups in total. The summed E-state index contributed by atoms with van der Waals surface area (Å²) in [5.74, 6) is -0.668. The number of halogens is 1. The Hall–Kier alpha value is -2.25. The number of carbonyl (C=O) groups is 2. The number of allylic oxidation sites excluding steroid dienone is 2. The van der Waals surface area contributed by atoms with E-state index in [1.54, 1.807) is 6.08 Å². The number of piperidine rings is 1. The molecule has 4 aliphatic rings. The lowest BCUT2D eigenvalue weighted by molar-refractivity contribution is -0.118. The molecule has 2 amide bonds. The number of hydrogen-bond donors (Lipinski definition) is 3. The fraction of sp³-hybridized carbons (Fsp3) is 0.522. The fourth-order valence-corrected chi connectivity index (χ4v) is 7.14. The minimum Gasteiger partial charge on any atom is -0.374 e. The van der Waals surface area contributed by atoms with Crippen LogP contribution in [0.2, 0.25) is 0 Å². The average molecular weight is 553 g/mol. The smallest absolute Gasteiger partial charge is 0.280 e. The minimum absolute atomic E-state index is 0.0131. The van der Waals surface area contributed by atoms with Crippen LogP contribution in [0.4, 0.5) is 0 Å². The number of amides is 2. The Bertz CT molecular complexity index is 1270. The van der Waals surface area contributed by atoms with E-state index in [2.05, 4.69) is 25.8 Å². The van der Waals surface area contributed by atoms with Gasteiger partial charge < -0.3 is 20.9 Å². The molecule has 2 unspecified atom stereocenters. The molecule has 1 aliphatic carbocycles. The van der Waals surface area contributed by atoms with Crippen LogP contribution in [0.25, 0.3) is 0 Å². The van der Waals surface area contributed by atoms with Crippen molar-refractivity contribution in [1.29, 1.82) is 0 Å². The normalized spacial score (nSPS) is 28.4. The molecule has 10 nitrogen and oxygen atoms in total. The molecule has 5 rings (SSSR count). The van der Waals surface area contributed by atoms with Gasteiger partial charge in [0.05, 0.1) is 35.8 Å². The second-order valence-electron chi connectivity index (χ2n) is 9.68. The zero-order valence-corrected chi connectivity index (χ0v) is 22.4. The molecule has 13 heteroatoms. The van der Waals surface area contributed by atoms with E-state index in [9.17, 15) is 18.0 Å². The van der Waals surface area contributed by atoms with Gasteiger partial charge in [-0.2, -0.15) is 4.31 Å². The molecule has 194 valence electrons. The molecule has 36 heavy (non-hydrogen) atoms. The number of nitrogens with one attached hydrogen (secondary N) is 3. The second kappa shape index (κ2) is 9.90. The highest BCUT2D eigenvalue weighted by molar-refractivity contribution is 7.88. The maximum atomic E-state index is 13.1. The van der Waals surface area contributed by atoms with Gasteiger partial charge in [-0.25, -0.2) is 13.4 Å². The molecule has 3 aliphatic heterocycles. The van der Waals surface area contributed by atoms with Crippen LogP contribution in [0, 0.1) is 5.92 Å². The molecule has 4 atom stereocenters. The summed E-state index contributed by atoms with van der Waals surface area (Å²) >= 11 is 7.45. The second-order valence-corrected chi connectivity index (χ2v) is 13.2. The summed E-state index contributed by atoms with van der Waals surface area (Å²) in [5, 5.41) is 10.2. The van der Waals surface area contributed by atoms with E-state index >= 15 is 0 Å². The monoisotopic (exact) mass is 552 g/mol. The van der Waals surface area contributed by atoms with E-state index in [0.717, 1.165) is 36.3 Å². The number of sulfonamides is 1. The predicted octanol–water partition coefficient (Wildman–Crippen LogP) is 0.544. The molecule has 1 saturated heterocycles. The fourth-order valence-electron chi connectivity index (χ4n) is 4.96. The zero-order valence-electron chi connectivity index (χ0n) is 20.0. The number of likely N-dealkylation sites (N-methyl/N-ethyl adjacent to an activating group) is 1. The van der Waals surface area contributed by atoms with Crippen LogP contribution in [0.3, 0.4) is 0 Å². The lowest BCUT2D eigenvalue weighted by Crippen LogP contribution is -2.61. The van der Waals surface area contributed by atoms with Gasteiger partial charge in [0.15, 0.2) is 5.01 Å². The lowest BCUT2D eigenvalue weighted by Gasteiger charge is -2.38. The van der Waals surface area contributed by atoms with Crippen molar-refractivity contribution in [3.05, 3.63) is 50.6 Å². The first-order valence-corrected chi connectivity index (χ1v) is 14.9. The van der Waals surface area contributed by atoms with Gasteiger partial charge in [0, 0.05) is 48.4 Å². The Kier molecular flexibility index (Phi) is 6.98. The highest BCUT2D eigenvalue weighted by Crippen LogP contribution is 2.28. The first-order valence-electron chi connectivity index (χ1n) is 11.8. The number of fused-ring (bicyclic) bond motifs is 2. The highest BCUT2D eigenvalue weighted by Gasteiger charge is 2.37. The van der Waals surface area contributed by atoms with E-state index in [1.165, 1.54) is 15.6 Å². The SMILES string of the molecule is CN1CCc2nc(C(=O)N[C@@H]3CN(S(C)(=O)=O)CC[C@@H]3NC(=O)C3=CC4C=C(Cl)C=CC4N3)sc2C1. The van der Waals surface area contributed by atoms with E-state index in [1.807, 2.05) is 25.3 Å². The van der Waals surface area contributed by atoms with Crippen molar-refractivity contribution in [2.75, 3.05) is 32.9 Å². The molecule has 0 spiro atoms. The van der Waals surface area contributed by atoms with Crippen molar-refractivity contribution in [3.8, 4) is 0 Å². The van der Waals surface area contributed by atoms with Crippen LogP contribution < -0.4 is 16.0 Å². The molecule has 0 bridgehead atoms. The van der Waals surface area contributed by atoms with Crippen molar-refractivity contribution >= 4 is 44.8 Å². The first-order chi connectivity index (χ1) is 17.1. The summed E-state index contributed by atoms with van der Waals surface area (Å²) in [4.78, 5) is 34.0. The van der Waals surface area contributed by atoms with Gasteiger partial charge in [-0.15, -0.1) is 11.3 Å². The van der Waals surface area contributed by atoms with Gasteiger partial charge in [-0.1, -0.05) is 23.8 Å². The first kappa shape index (κ1) is 25.4. The van der Waals surface area contributed by atoms with E-state index in [-0.39, 0.29) is 36.9 Å². The summed E-state index contributed by atoms with van der Waals surface area (Å²) < 4.78 is 25.8. The van der Waals surface area contributed by atoms with Gasteiger partial charge in [0.25, 0.3) is 11.8 Å². The van der Waals surface area contributed by atoms with Crippen molar-refractivity contribution in [2.24, 2.45) is 5.92 Å². The van der Waals surface area contributed by atoms with Crippen molar-refractivity contribution in [3.63, 3.8) is 0 Å². The Morgan fingerprint density at radius 2 is 1.97 bits per heavy atom. The van der Waals surface area contributed by atoms with Gasteiger partial charge in [-0.3, -0.25) is 9.59 Å². The van der Waals surface area contributed by atoms with Crippen LogP contribution >= 0.6 is 22.9 Å². The van der Waals surface area contributed by atoms with Crippen LogP contribution in [0.15, 0.2) is 35.0 Å². The Labute approximate surface area is 219 Å². The standard InChI is InChI=1S/C23H29ClN6O4S2/c1-29-7-5-17-20(12-29)35-23(28-17)22(32)27-19-11-30(36(2,33)34)8-6-16(19)26-21(31)18-10-13-9-14(24)3-4-15(13)25-18/h3-4,9-10,13,15-16,19,25H,5-8,11-12H2,1-2H3,(H,26,31)(H,27,32)/t13?,15?,16-,19+/m0/s1. The largest absolute Gasteiger partial charge is 0.374 e. The van der Waals surface area contributed by atoms with Gasteiger partial charge in [0.2, 0.25) is 10.0 Å². The van der Waals surface area contributed by atoms with E-state index in [0.29, 0.717) is 22.2 Å². The number of rotatable bonds is 5. The maximum Gasteiger partial charge on any atom is 0.280 e. The third-order valence-electron chi connectivity index (χ3n) is 6.95. The van der Waals surface area contributed by atoms with Crippen LogP contribution in [-0.4, -0.2) is 85.5 Å². The van der Waals surface area contributed by atoms with Crippen molar-refractivity contribution < 1.29 is 18.0 Å². The number of thiazole rings is 1. The average Bonchev–Trinajstić information content (AvgIpc) is 3.43. The predicted molar refractivity (Wildman–Crippen MR) is 138 cm³/mol. The van der Waals surface area contributed by atoms with Crippen LogP contribution in [0.5, 0.6) is 0 Å². The molecule has 1 aromatic rings. The highest BCUT2D eigenvalue weighted by atomic mass is 35.5. The molecular formula is C23H29ClN6O4S2. The minimum atomic E-state index is -3.45. The number of hydrogen-bond acceptors (Lipinski definition) is 8. The van der Waals surface area contributed by atoms with Crippen LogP contribution in [0.1, 0.15) is 26.8 Å². The van der Waals surface area contributed by atoms with Crippen LogP contribution in [-0.2, 0) is 27.8 Å². The maximum absolute atomic E-state index is 13.1. The van der Waals surface area contributed by atoms with E-state index < -0.39 is 22.1 Å². The summed E-state index contributed by atoms with van der Waals surface area (Å²) in [6, 6.07) is -1.09. The zero-order chi connectivity index (χ0) is 25.6. The number of aromatic nitrogens is 1. The summed E-state index contributed by atoms with van der Waals surface area (Å²) in [6.07, 6.45) is 9.75. The van der Waals surface area contributed by atoms with Gasteiger partial charge in [-0.05, 0) is 25.6 Å². The molecular weight excluding hydrogens is 524 g/mol. The molecule has 4 heterocycles. The quantitative estimate of drug-likeness (QED) is 0.487.